The summed E-state index contributed by atoms with van der Waals surface area (Å²) in [6.07, 6.45) is 2.89. The summed E-state index contributed by atoms with van der Waals surface area (Å²) in [5, 5.41) is 2.96. The number of hydrogen-bond acceptors (Lipinski definition) is 5. The monoisotopic (exact) mass is 154 g/mol. The van der Waals surface area contributed by atoms with Gasteiger partial charge in [0.15, 0.2) is 0 Å². The van der Waals surface area contributed by atoms with E-state index in [1.165, 1.54) is 12.7 Å². The number of rotatable bonds is 4. The summed E-state index contributed by atoms with van der Waals surface area (Å²) in [5.41, 5.74) is 0. The van der Waals surface area contributed by atoms with Crippen LogP contribution in [0.25, 0.3) is 0 Å². The van der Waals surface area contributed by atoms with Crippen molar-refractivity contribution in [1.29, 1.82) is 0 Å². The smallest absolute Gasteiger partial charge is 0.225 e. The minimum atomic E-state index is 0.581. The Morgan fingerprint density at radius 2 is 2.18 bits per heavy atom. The van der Waals surface area contributed by atoms with Crippen LogP contribution in [0.3, 0.4) is 0 Å². The van der Waals surface area contributed by atoms with Gasteiger partial charge in [-0.1, -0.05) is 0 Å². The van der Waals surface area contributed by atoms with Gasteiger partial charge in [0.1, 0.15) is 12.7 Å². The molecule has 0 saturated heterocycles. The van der Waals surface area contributed by atoms with Crippen molar-refractivity contribution in [3.63, 3.8) is 0 Å². The molecule has 0 amide bonds. The van der Waals surface area contributed by atoms with Gasteiger partial charge in [0, 0.05) is 13.7 Å². The van der Waals surface area contributed by atoms with E-state index in [1.807, 2.05) is 0 Å². The van der Waals surface area contributed by atoms with E-state index >= 15 is 0 Å². The molecule has 0 spiro atoms. The van der Waals surface area contributed by atoms with Crippen LogP contribution in [-0.4, -0.2) is 35.2 Å². The maximum absolute atomic E-state index is 4.83. The summed E-state index contributed by atoms with van der Waals surface area (Å²) in [6, 6.07) is 0. The van der Waals surface area contributed by atoms with Gasteiger partial charge < -0.3 is 10.1 Å². The molecular formula is C6H10N4O. The second-order valence-corrected chi connectivity index (χ2v) is 1.88. The molecule has 0 aliphatic heterocycles. The van der Waals surface area contributed by atoms with Crippen LogP contribution in [0, 0.1) is 0 Å². The number of methoxy groups -OCH3 is 1. The van der Waals surface area contributed by atoms with Gasteiger partial charge in [-0.3, -0.25) is 0 Å². The fourth-order valence-corrected chi connectivity index (χ4v) is 0.595. The van der Waals surface area contributed by atoms with E-state index in [0.717, 1.165) is 0 Å². The Bertz CT molecular complexity index is 191. The lowest BCUT2D eigenvalue weighted by molar-refractivity contribution is 0.210. The fourth-order valence-electron chi connectivity index (χ4n) is 0.595. The summed E-state index contributed by atoms with van der Waals surface area (Å²) in [4.78, 5) is 11.4. The molecule has 5 heteroatoms. The second kappa shape index (κ2) is 4.56. The zero-order chi connectivity index (χ0) is 7.94. The highest BCUT2D eigenvalue weighted by atomic mass is 16.5. The molecule has 0 unspecified atom stereocenters. The molecule has 1 aromatic rings. The largest absolute Gasteiger partial charge is 0.383 e. The van der Waals surface area contributed by atoms with Gasteiger partial charge in [0.25, 0.3) is 0 Å². The van der Waals surface area contributed by atoms with Crippen molar-refractivity contribution < 1.29 is 4.74 Å². The molecule has 1 heterocycles. The van der Waals surface area contributed by atoms with E-state index in [2.05, 4.69) is 20.3 Å². The zero-order valence-corrected chi connectivity index (χ0v) is 6.32. The van der Waals surface area contributed by atoms with Crippen LogP contribution in [0.5, 0.6) is 0 Å². The molecule has 0 aromatic carbocycles. The Morgan fingerprint density at radius 1 is 1.45 bits per heavy atom. The Hall–Kier alpha value is -1.23. The standard InChI is InChI=1S/C6H10N4O/c1-11-3-2-8-6-9-4-7-5-10-6/h4-5H,2-3H2,1H3,(H,7,8,9,10). The van der Waals surface area contributed by atoms with E-state index in [-0.39, 0.29) is 0 Å². The van der Waals surface area contributed by atoms with Crippen molar-refractivity contribution in [1.82, 2.24) is 15.0 Å². The average Bonchev–Trinajstić information content (AvgIpc) is 2.07. The van der Waals surface area contributed by atoms with E-state index in [0.29, 0.717) is 19.1 Å². The summed E-state index contributed by atoms with van der Waals surface area (Å²) in [7, 11) is 1.65. The van der Waals surface area contributed by atoms with Crippen molar-refractivity contribution in [2.24, 2.45) is 0 Å². The third-order valence-corrected chi connectivity index (χ3v) is 1.08. The first-order valence-corrected chi connectivity index (χ1v) is 3.28. The lowest BCUT2D eigenvalue weighted by Crippen LogP contribution is -2.09. The first-order chi connectivity index (χ1) is 5.43. The van der Waals surface area contributed by atoms with Crippen LogP contribution in [0.1, 0.15) is 0 Å². The van der Waals surface area contributed by atoms with Gasteiger partial charge in [0.05, 0.1) is 6.61 Å². The van der Waals surface area contributed by atoms with Gasteiger partial charge >= 0.3 is 0 Å². The van der Waals surface area contributed by atoms with Crippen LogP contribution in [0.2, 0.25) is 0 Å². The molecule has 60 valence electrons. The Balaban J connectivity index is 2.28. The highest BCUT2D eigenvalue weighted by Gasteiger charge is 1.90. The molecule has 0 saturated carbocycles. The third kappa shape index (κ3) is 2.90. The Kier molecular flexibility index (Phi) is 3.27. The van der Waals surface area contributed by atoms with E-state index < -0.39 is 0 Å². The maximum Gasteiger partial charge on any atom is 0.225 e. The topological polar surface area (TPSA) is 59.9 Å². The van der Waals surface area contributed by atoms with Crippen LogP contribution >= 0.6 is 0 Å². The predicted molar refractivity (Wildman–Crippen MR) is 40.2 cm³/mol. The molecule has 1 rings (SSSR count). The number of nitrogens with zero attached hydrogens (tertiary/aromatic N) is 3. The number of anilines is 1. The molecule has 11 heavy (non-hydrogen) atoms. The third-order valence-electron chi connectivity index (χ3n) is 1.08. The van der Waals surface area contributed by atoms with Crippen LogP contribution in [0.4, 0.5) is 5.95 Å². The molecule has 1 aromatic heterocycles. The fraction of sp³-hybridized carbons (Fsp3) is 0.500. The van der Waals surface area contributed by atoms with Crippen molar-refractivity contribution in [2.45, 2.75) is 0 Å². The summed E-state index contributed by atoms with van der Waals surface area (Å²) < 4.78 is 4.83. The maximum atomic E-state index is 4.83. The number of nitrogens with one attached hydrogen (secondary N) is 1. The Morgan fingerprint density at radius 3 is 2.82 bits per heavy atom. The average molecular weight is 154 g/mol. The molecule has 1 N–H and O–H groups in total. The lowest BCUT2D eigenvalue weighted by atomic mass is 10.7. The molecule has 0 fully saturated rings. The van der Waals surface area contributed by atoms with Crippen molar-refractivity contribution in [2.75, 3.05) is 25.6 Å². The van der Waals surface area contributed by atoms with Crippen LogP contribution in [0.15, 0.2) is 12.7 Å². The molecule has 0 aliphatic carbocycles. The van der Waals surface area contributed by atoms with Gasteiger partial charge in [-0.15, -0.1) is 0 Å². The summed E-state index contributed by atoms with van der Waals surface area (Å²) in [5.74, 6) is 0.581. The SMILES string of the molecule is COCCNc1ncncn1. The minimum Gasteiger partial charge on any atom is -0.383 e. The van der Waals surface area contributed by atoms with Crippen molar-refractivity contribution in [3.05, 3.63) is 12.7 Å². The first kappa shape index (κ1) is 7.87. The molecule has 5 nitrogen and oxygen atoms in total. The zero-order valence-electron chi connectivity index (χ0n) is 6.32. The molecular weight excluding hydrogens is 144 g/mol. The normalized spacial score (nSPS) is 9.55. The lowest BCUT2D eigenvalue weighted by Gasteiger charge is -2.00. The van der Waals surface area contributed by atoms with Gasteiger partial charge in [0.2, 0.25) is 5.95 Å². The number of hydrogen-bond donors (Lipinski definition) is 1. The Labute approximate surface area is 64.8 Å². The first-order valence-electron chi connectivity index (χ1n) is 3.28. The van der Waals surface area contributed by atoms with E-state index in [1.54, 1.807) is 7.11 Å². The van der Waals surface area contributed by atoms with Gasteiger partial charge in [-0.05, 0) is 0 Å². The van der Waals surface area contributed by atoms with E-state index in [9.17, 15) is 0 Å². The second-order valence-electron chi connectivity index (χ2n) is 1.88. The highest BCUT2D eigenvalue weighted by Crippen LogP contribution is 1.89. The molecule has 0 bridgehead atoms. The molecule has 0 atom stereocenters. The number of aromatic nitrogens is 3. The molecule has 0 radical (unpaired) electrons. The predicted octanol–water partition coefficient (Wildman–Crippen LogP) is -0.0701. The minimum absolute atomic E-state index is 0.581. The van der Waals surface area contributed by atoms with Gasteiger partial charge in [-0.25, -0.2) is 15.0 Å². The summed E-state index contributed by atoms with van der Waals surface area (Å²) >= 11 is 0. The van der Waals surface area contributed by atoms with Crippen molar-refractivity contribution >= 4 is 5.95 Å². The highest BCUT2D eigenvalue weighted by molar-refractivity contribution is 5.19. The van der Waals surface area contributed by atoms with Crippen LogP contribution in [-0.2, 0) is 4.74 Å². The van der Waals surface area contributed by atoms with Gasteiger partial charge in [-0.2, -0.15) is 0 Å². The van der Waals surface area contributed by atoms with Crippen molar-refractivity contribution in [3.8, 4) is 0 Å². The van der Waals surface area contributed by atoms with Crippen LogP contribution < -0.4 is 5.32 Å². The van der Waals surface area contributed by atoms with E-state index in [4.69, 9.17) is 4.74 Å². The quantitative estimate of drug-likeness (QED) is 0.615. The number of ether oxygens (including phenoxy) is 1. The summed E-state index contributed by atoms with van der Waals surface area (Å²) in [6.45, 7) is 1.35. The molecule has 0 aliphatic rings.